The van der Waals surface area contributed by atoms with Crippen LogP contribution in [0.2, 0.25) is 0 Å². The molecule has 20 heavy (non-hydrogen) atoms. The lowest BCUT2D eigenvalue weighted by Gasteiger charge is -2.33. The van der Waals surface area contributed by atoms with Gasteiger partial charge in [-0.25, -0.2) is 0 Å². The number of nitrogens with zero attached hydrogens (tertiary/aromatic N) is 1. The molecule has 2 rings (SSSR count). The van der Waals surface area contributed by atoms with Crippen LogP contribution in [-0.4, -0.2) is 40.3 Å². The number of likely N-dealkylation sites (tertiary alicyclic amines) is 1. The highest BCUT2D eigenvalue weighted by Gasteiger charge is 2.41. The molecule has 2 N–H and O–H groups in total. The Kier molecular flexibility index (Phi) is 3.78. The van der Waals surface area contributed by atoms with E-state index in [1.807, 2.05) is 0 Å². The number of rotatable bonds is 1. The van der Waals surface area contributed by atoms with Crippen LogP contribution in [0, 0.1) is 5.92 Å². The van der Waals surface area contributed by atoms with Gasteiger partial charge in [-0.2, -0.15) is 13.2 Å². The van der Waals surface area contributed by atoms with Crippen LogP contribution < -0.4 is 0 Å². The fourth-order valence-corrected chi connectivity index (χ4v) is 2.25. The number of hydrogen-bond acceptors (Lipinski definition) is 3. The van der Waals surface area contributed by atoms with Crippen molar-refractivity contribution >= 4 is 5.91 Å². The Hall–Kier alpha value is -1.92. The SMILES string of the molecule is O=C(c1ccc(O)c(O)c1)N1CCC(C(F)(F)F)CC1. The highest BCUT2D eigenvalue weighted by molar-refractivity contribution is 5.94. The van der Waals surface area contributed by atoms with Gasteiger partial charge in [0.05, 0.1) is 5.92 Å². The molecule has 1 amide bonds. The first-order chi connectivity index (χ1) is 9.29. The minimum atomic E-state index is -4.22. The Morgan fingerprint density at radius 3 is 2.25 bits per heavy atom. The van der Waals surface area contributed by atoms with Crippen molar-refractivity contribution in [3.8, 4) is 11.5 Å². The summed E-state index contributed by atoms with van der Waals surface area (Å²) in [7, 11) is 0. The molecule has 0 bridgehead atoms. The van der Waals surface area contributed by atoms with Gasteiger partial charge in [-0.15, -0.1) is 0 Å². The molecule has 0 saturated carbocycles. The van der Waals surface area contributed by atoms with Crippen molar-refractivity contribution < 1.29 is 28.2 Å². The van der Waals surface area contributed by atoms with Gasteiger partial charge in [-0.05, 0) is 31.0 Å². The van der Waals surface area contributed by atoms with Crippen LogP contribution in [0.1, 0.15) is 23.2 Å². The van der Waals surface area contributed by atoms with Crippen molar-refractivity contribution in [1.29, 1.82) is 0 Å². The molecule has 0 radical (unpaired) electrons. The molecule has 7 heteroatoms. The lowest BCUT2D eigenvalue weighted by Crippen LogP contribution is -2.42. The molecule has 1 saturated heterocycles. The zero-order valence-electron chi connectivity index (χ0n) is 10.5. The van der Waals surface area contributed by atoms with Crippen LogP contribution in [0.25, 0.3) is 0 Å². The summed E-state index contributed by atoms with van der Waals surface area (Å²) in [6.07, 6.45) is -4.44. The number of phenols is 2. The topological polar surface area (TPSA) is 60.8 Å². The third-order valence-electron chi connectivity index (χ3n) is 3.47. The van der Waals surface area contributed by atoms with Crippen LogP contribution in [0.15, 0.2) is 18.2 Å². The van der Waals surface area contributed by atoms with Crippen LogP contribution in [0.3, 0.4) is 0 Å². The Bertz CT molecular complexity index is 508. The summed E-state index contributed by atoms with van der Waals surface area (Å²) >= 11 is 0. The average Bonchev–Trinajstić information content (AvgIpc) is 2.40. The van der Waals surface area contributed by atoms with Gasteiger partial charge < -0.3 is 15.1 Å². The Morgan fingerprint density at radius 1 is 1.15 bits per heavy atom. The van der Waals surface area contributed by atoms with E-state index >= 15 is 0 Å². The number of amides is 1. The quantitative estimate of drug-likeness (QED) is 0.781. The first-order valence-electron chi connectivity index (χ1n) is 6.17. The predicted molar refractivity (Wildman–Crippen MR) is 64.5 cm³/mol. The molecule has 1 aliphatic rings. The number of carbonyl (C=O) groups excluding carboxylic acids is 1. The molecule has 110 valence electrons. The summed E-state index contributed by atoms with van der Waals surface area (Å²) in [6.45, 7) is 0.0648. The largest absolute Gasteiger partial charge is 0.504 e. The lowest BCUT2D eigenvalue weighted by atomic mass is 9.96. The smallest absolute Gasteiger partial charge is 0.391 e. The van der Waals surface area contributed by atoms with Gasteiger partial charge in [0.25, 0.3) is 5.91 Å². The highest BCUT2D eigenvalue weighted by Crippen LogP contribution is 2.34. The molecule has 1 aromatic carbocycles. The zero-order valence-corrected chi connectivity index (χ0v) is 10.5. The van der Waals surface area contributed by atoms with Crippen molar-refractivity contribution in [2.45, 2.75) is 19.0 Å². The maximum Gasteiger partial charge on any atom is 0.391 e. The third-order valence-corrected chi connectivity index (χ3v) is 3.47. The second kappa shape index (κ2) is 5.22. The van der Waals surface area contributed by atoms with Gasteiger partial charge in [-0.3, -0.25) is 4.79 Å². The van der Waals surface area contributed by atoms with Crippen LogP contribution in [0.4, 0.5) is 13.2 Å². The van der Waals surface area contributed by atoms with Gasteiger partial charge in [0, 0.05) is 18.7 Å². The van der Waals surface area contributed by atoms with Crippen LogP contribution in [-0.2, 0) is 0 Å². The first-order valence-corrected chi connectivity index (χ1v) is 6.17. The molecule has 0 spiro atoms. The standard InChI is InChI=1S/C13H14F3NO3/c14-13(15,16)9-3-5-17(6-4-9)12(20)8-1-2-10(18)11(19)7-8/h1-2,7,9,18-19H,3-6H2. The zero-order chi connectivity index (χ0) is 14.9. The Morgan fingerprint density at radius 2 is 1.75 bits per heavy atom. The summed E-state index contributed by atoms with van der Waals surface area (Å²) in [5.41, 5.74) is 0.144. The lowest BCUT2D eigenvalue weighted by molar-refractivity contribution is -0.183. The minimum Gasteiger partial charge on any atom is -0.504 e. The van der Waals surface area contributed by atoms with E-state index in [0.717, 1.165) is 6.07 Å². The Labute approximate surface area is 113 Å². The summed E-state index contributed by atoms with van der Waals surface area (Å²) in [4.78, 5) is 13.4. The fraction of sp³-hybridized carbons (Fsp3) is 0.462. The molecular formula is C13H14F3NO3. The second-order valence-corrected chi connectivity index (χ2v) is 4.81. The number of piperidine rings is 1. The Balaban J connectivity index is 2.03. The molecule has 0 aromatic heterocycles. The van der Waals surface area contributed by atoms with Gasteiger partial charge in [0.15, 0.2) is 11.5 Å². The normalized spacial score (nSPS) is 17.2. The van der Waals surface area contributed by atoms with Crippen molar-refractivity contribution in [3.05, 3.63) is 23.8 Å². The molecule has 0 atom stereocenters. The van der Waals surface area contributed by atoms with E-state index in [1.54, 1.807) is 0 Å². The van der Waals surface area contributed by atoms with Crippen molar-refractivity contribution in [3.63, 3.8) is 0 Å². The predicted octanol–water partition coefficient (Wildman–Crippen LogP) is 2.51. The number of benzene rings is 1. The molecule has 1 aromatic rings. The van der Waals surface area contributed by atoms with Crippen molar-refractivity contribution in [2.75, 3.05) is 13.1 Å². The number of carbonyl (C=O) groups is 1. The van der Waals surface area contributed by atoms with E-state index in [2.05, 4.69) is 0 Å². The maximum absolute atomic E-state index is 12.5. The van der Waals surface area contributed by atoms with Gasteiger partial charge in [0.1, 0.15) is 0 Å². The van der Waals surface area contributed by atoms with E-state index < -0.39 is 23.8 Å². The monoisotopic (exact) mass is 289 g/mol. The van der Waals surface area contributed by atoms with Crippen molar-refractivity contribution in [2.24, 2.45) is 5.92 Å². The summed E-state index contributed by atoms with van der Waals surface area (Å²) in [5.74, 6) is -2.58. The fourth-order valence-electron chi connectivity index (χ4n) is 2.25. The molecular weight excluding hydrogens is 275 g/mol. The highest BCUT2D eigenvalue weighted by atomic mass is 19.4. The molecule has 1 fully saturated rings. The minimum absolute atomic E-state index is 0.0324. The van der Waals surface area contributed by atoms with E-state index in [0.29, 0.717) is 0 Å². The second-order valence-electron chi connectivity index (χ2n) is 4.81. The number of halogens is 3. The number of phenolic OH excluding ortho intramolecular Hbond substituents is 2. The van der Waals surface area contributed by atoms with E-state index in [9.17, 15) is 23.1 Å². The first kappa shape index (κ1) is 14.5. The molecule has 0 aliphatic carbocycles. The molecule has 1 heterocycles. The number of hydrogen-bond donors (Lipinski definition) is 2. The third kappa shape index (κ3) is 2.97. The van der Waals surface area contributed by atoms with Crippen molar-refractivity contribution in [1.82, 2.24) is 4.90 Å². The molecule has 0 unspecified atom stereocenters. The maximum atomic E-state index is 12.5. The van der Waals surface area contributed by atoms with Crippen LogP contribution in [0.5, 0.6) is 11.5 Å². The summed E-state index contributed by atoms with van der Waals surface area (Å²) in [6, 6.07) is 3.60. The van der Waals surface area contributed by atoms with Crippen LogP contribution >= 0.6 is 0 Å². The average molecular weight is 289 g/mol. The van der Waals surface area contributed by atoms with Gasteiger partial charge >= 0.3 is 6.18 Å². The molecule has 4 nitrogen and oxygen atoms in total. The van der Waals surface area contributed by atoms with Gasteiger partial charge in [0.2, 0.25) is 0 Å². The van der Waals surface area contributed by atoms with E-state index in [-0.39, 0.29) is 37.2 Å². The molecule has 1 aliphatic heterocycles. The number of alkyl halides is 3. The summed E-state index contributed by atoms with van der Waals surface area (Å²) < 4.78 is 37.6. The van der Waals surface area contributed by atoms with E-state index in [4.69, 9.17) is 5.11 Å². The number of aromatic hydroxyl groups is 2. The van der Waals surface area contributed by atoms with E-state index in [1.165, 1.54) is 17.0 Å². The van der Waals surface area contributed by atoms with Gasteiger partial charge in [-0.1, -0.05) is 0 Å². The summed E-state index contributed by atoms with van der Waals surface area (Å²) in [5, 5.41) is 18.5.